The van der Waals surface area contributed by atoms with Crippen molar-refractivity contribution in [3.63, 3.8) is 0 Å². The molecule has 0 aromatic rings. The van der Waals surface area contributed by atoms with Crippen molar-refractivity contribution >= 4 is 5.91 Å². The summed E-state index contributed by atoms with van der Waals surface area (Å²) in [4.78, 5) is 10.9. The molecule has 2 nitrogen and oxygen atoms in total. The normalized spacial score (nSPS) is 10.8. The van der Waals surface area contributed by atoms with Gasteiger partial charge in [-0.2, -0.15) is 0 Å². The molecule has 58 valence electrons. The van der Waals surface area contributed by atoms with E-state index >= 15 is 0 Å². The van der Waals surface area contributed by atoms with Gasteiger partial charge in [-0.1, -0.05) is 19.9 Å². The molecular weight excluding hydrogens is 126 g/mol. The molecule has 0 aliphatic heterocycles. The van der Waals surface area contributed by atoms with Crippen LogP contribution in [0, 0.1) is 5.92 Å². The maximum atomic E-state index is 10.9. The second kappa shape index (κ2) is 5.03. The Balaban J connectivity index is 3.44. The summed E-state index contributed by atoms with van der Waals surface area (Å²) < 4.78 is 0. The Morgan fingerprint density at radius 3 is 2.60 bits per heavy atom. The van der Waals surface area contributed by atoms with Crippen molar-refractivity contribution in [2.45, 2.75) is 27.2 Å². The molecule has 0 aromatic carbocycles. The second-order valence-electron chi connectivity index (χ2n) is 2.67. The van der Waals surface area contributed by atoms with Crippen LogP contribution in [-0.2, 0) is 4.79 Å². The Kier molecular flexibility index (Phi) is 4.63. The Morgan fingerprint density at radius 1 is 1.60 bits per heavy atom. The van der Waals surface area contributed by atoms with Gasteiger partial charge in [0.25, 0.3) is 0 Å². The molecule has 0 spiro atoms. The van der Waals surface area contributed by atoms with Crippen molar-refractivity contribution in [1.29, 1.82) is 0 Å². The van der Waals surface area contributed by atoms with Crippen LogP contribution >= 0.6 is 0 Å². The van der Waals surface area contributed by atoms with Crippen molar-refractivity contribution in [3.8, 4) is 0 Å². The van der Waals surface area contributed by atoms with E-state index in [9.17, 15) is 4.79 Å². The SMILES string of the molecule is C/C=C\NC(=O)CC(C)C. The van der Waals surface area contributed by atoms with Crippen LogP contribution in [0.5, 0.6) is 0 Å². The maximum absolute atomic E-state index is 10.9. The number of carbonyl (C=O) groups excluding carboxylic acids is 1. The summed E-state index contributed by atoms with van der Waals surface area (Å²) >= 11 is 0. The van der Waals surface area contributed by atoms with Crippen LogP contribution in [-0.4, -0.2) is 5.91 Å². The molecule has 0 unspecified atom stereocenters. The highest BCUT2D eigenvalue weighted by molar-refractivity contribution is 5.76. The molecule has 1 N–H and O–H groups in total. The lowest BCUT2D eigenvalue weighted by atomic mass is 10.1. The summed E-state index contributed by atoms with van der Waals surface area (Å²) in [6.45, 7) is 5.92. The molecule has 10 heavy (non-hydrogen) atoms. The van der Waals surface area contributed by atoms with Crippen LogP contribution in [0.15, 0.2) is 12.3 Å². The summed E-state index contributed by atoms with van der Waals surface area (Å²) in [7, 11) is 0. The van der Waals surface area contributed by atoms with Crippen molar-refractivity contribution in [1.82, 2.24) is 5.32 Å². The molecule has 0 atom stereocenters. The molecule has 0 radical (unpaired) electrons. The van der Waals surface area contributed by atoms with Gasteiger partial charge in [0.05, 0.1) is 0 Å². The van der Waals surface area contributed by atoms with Crippen molar-refractivity contribution < 1.29 is 4.79 Å². The highest BCUT2D eigenvalue weighted by Gasteiger charge is 2.00. The van der Waals surface area contributed by atoms with Gasteiger partial charge in [0.1, 0.15) is 0 Å². The highest BCUT2D eigenvalue weighted by atomic mass is 16.1. The van der Waals surface area contributed by atoms with Gasteiger partial charge in [0.2, 0.25) is 5.91 Å². The number of nitrogens with one attached hydrogen (secondary N) is 1. The fourth-order valence-electron chi connectivity index (χ4n) is 0.606. The van der Waals surface area contributed by atoms with Crippen molar-refractivity contribution in [2.75, 3.05) is 0 Å². The fourth-order valence-corrected chi connectivity index (χ4v) is 0.606. The number of hydrogen-bond acceptors (Lipinski definition) is 1. The van der Waals surface area contributed by atoms with E-state index in [1.165, 1.54) is 0 Å². The largest absolute Gasteiger partial charge is 0.333 e. The lowest BCUT2D eigenvalue weighted by molar-refractivity contribution is -0.120. The predicted molar refractivity (Wildman–Crippen MR) is 42.4 cm³/mol. The van der Waals surface area contributed by atoms with E-state index in [0.717, 1.165) is 0 Å². The molecule has 0 fully saturated rings. The molecule has 0 heterocycles. The zero-order chi connectivity index (χ0) is 7.98. The average Bonchev–Trinajstić information content (AvgIpc) is 1.82. The zero-order valence-electron chi connectivity index (χ0n) is 6.85. The van der Waals surface area contributed by atoms with Gasteiger partial charge in [-0.3, -0.25) is 4.79 Å². The third kappa shape index (κ3) is 5.35. The monoisotopic (exact) mass is 141 g/mol. The molecule has 2 heteroatoms. The Hall–Kier alpha value is -0.790. The number of amides is 1. The molecule has 0 aromatic heterocycles. The average molecular weight is 141 g/mol. The van der Waals surface area contributed by atoms with Crippen LogP contribution in [0.25, 0.3) is 0 Å². The third-order valence-electron chi connectivity index (χ3n) is 1.00. The van der Waals surface area contributed by atoms with Gasteiger partial charge in [-0.05, 0) is 19.0 Å². The first-order chi connectivity index (χ1) is 4.66. The summed E-state index contributed by atoms with van der Waals surface area (Å²) in [6.07, 6.45) is 4.06. The van der Waals surface area contributed by atoms with E-state index in [1.807, 2.05) is 20.8 Å². The molecule has 0 rings (SSSR count). The van der Waals surface area contributed by atoms with E-state index in [2.05, 4.69) is 5.32 Å². The first-order valence-electron chi connectivity index (χ1n) is 3.57. The summed E-state index contributed by atoms with van der Waals surface area (Å²) in [5.74, 6) is 0.526. The van der Waals surface area contributed by atoms with Gasteiger partial charge < -0.3 is 5.32 Å². The smallest absolute Gasteiger partial charge is 0.224 e. The molecular formula is C8H15NO. The van der Waals surface area contributed by atoms with Gasteiger partial charge >= 0.3 is 0 Å². The predicted octanol–water partition coefficient (Wildman–Crippen LogP) is 1.68. The van der Waals surface area contributed by atoms with Crippen LogP contribution < -0.4 is 5.32 Å². The molecule has 0 aliphatic carbocycles. The van der Waals surface area contributed by atoms with E-state index in [0.29, 0.717) is 12.3 Å². The molecule has 1 amide bonds. The molecule has 0 saturated carbocycles. The topological polar surface area (TPSA) is 29.1 Å². The first-order valence-corrected chi connectivity index (χ1v) is 3.57. The van der Waals surface area contributed by atoms with Crippen LogP contribution in [0.3, 0.4) is 0 Å². The molecule has 0 aliphatic rings. The fraction of sp³-hybridized carbons (Fsp3) is 0.625. The van der Waals surface area contributed by atoms with E-state index in [4.69, 9.17) is 0 Å². The van der Waals surface area contributed by atoms with Crippen LogP contribution in [0.2, 0.25) is 0 Å². The first kappa shape index (κ1) is 9.21. The molecule has 0 saturated heterocycles. The number of allylic oxidation sites excluding steroid dienone is 1. The zero-order valence-corrected chi connectivity index (χ0v) is 6.85. The second-order valence-corrected chi connectivity index (χ2v) is 2.67. The summed E-state index contributed by atoms with van der Waals surface area (Å²) in [5, 5.41) is 2.64. The van der Waals surface area contributed by atoms with Gasteiger partial charge in [-0.25, -0.2) is 0 Å². The minimum Gasteiger partial charge on any atom is -0.333 e. The minimum absolute atomic E-state index is 0.0908. The maximum Gasteiger partial charge on any atom is 0.224 e. The standard InChI is InChI=1S/C8H15NO/c1-4-5-9-8(10)6-7(2)3/h4-5,7H,6H2,1-3H3,(H,9,10)/b5-4-. The Labute approximate surface area is 62.3 Å². The number of hydrogen-bond donors (Lipinski definition) is 1. The lowest BCUT2D eigenvalue weighted by Crippen LogP contribution is -2.18. The number of carbonyl (C=O) groups is 1. The van der Waals surface area contributed by atoms with Gasteiger partial charge in [-0.15, -0.1) is 0 Å². The van der Waals surface area contributed by atoms with E-state index in [1.54, 1.807) is 12.3 Å². The van der Waals surface area contributed by atoms with Crippen molar-refractivity contribution in [2.24, 2.45) is 5.92 Å². The van der Waals surface area contributed by atoms with E-state index in [-0.39, 0.29) is 5.91 Å². The highest BCUT2D eigenvalue weighted by Crippen LogP contribution is 1.97. The van der Waals surface area contributed by atoms with Crippen LogP contribution in [0.1, 0.15) is 27.2 Å². The van der Waals surface area contributed by atoms with Crippen molar-refractivity contribution in [3.05, 3.63) is 12.3 Å². The minimum atomic E-state index is 0.0908. The summed E-state index contributed by atoms with van der Waals surface area (Å²) in [5.41, 5.74) is 0. The van der Waals surface area contributed by atoms with Crippen LogP contribution in [0.4, 0.5) is 0 Å². The van der Waals surface area contributed by atoms with Gasteiger partial charge in [0.15, 0.2) is 0 Å². The molecule has 0 bridgehead atoms. The Bertz CT molecular complexity index is 127. The summed E-state index contributed by atoms with van der Waals surface area (Å²) in [6, 6.07) is 0. The van der Waals surface area contributed by atoms with E-state index < -0.39 is 0 Å². The Morgan fingerprint density at radius 2 is 2.20 bits per heavy atom. The third-order valence-corrected chi connectivity index (χ3v) is 1.00. The van der Waals surface area contributed by atoms with Gasteiger partial charge in [0, 0.05) is 6.42 Å². The lowest BCUT2D eigenvalue weighted by Gasteiger charge is -2.01. The quantitative estimate of drug-likeness (QED) is 0.636. The number of rotatable bonds is 3.